The first-order valence-electron chi connectivity index (χ1n) is 8.96. The summed E-state index contributed by atoms with van der Waals surface area (Å²) in [6, 6.07) is 9.07. The average molecular weight is 354 g/mol. The highest BCUT2D eigenvalue weighted by molar-refractivity contribution is 5.88. The van der Waals surface area contributed by atoms with Crippen molar-refractivity contribution in [1.29, 1.82) is 0 Å². The summed E-state index contributed by atoms with van der Waals surface area (Å²) in [5.41, 5.74) is -0.286. The smallest absolute Gasteiger partial charge is 0.322 e. The molecule has 2 aromatic rings. The van der Waals surface area contributed by atoms with Gasteiger partial charge in [0.05, 0.1) is 23.7 Å². The topological polar surface area (TPSA) is 96.4 Å². The highest BCUT2D eigenvalue weighted by Crippen LogP contribution is 2.51. The molecule has 0 aliphatic heterocycles. The van der Waals surface area contributed by atoms with Crippen LogP contribution in [0.3, 0.4) is 0 Å². The molecule has 2 fully saturated rings. The summed E-state index contributed by atoms with van der Waals surface area (Å²) in [4.78, 5) is 20.3. The van der Waals surface area contributed by atoms with Crippen molar-refractivity contribution in [3.05, 3.63) is 42.7 Å². The Morgan fingerprint density at radius 1 is 1.12 bits per heavy atom. The SMILES string of the molecule is O=C(NCC(O)(C1CC1)C1CC1)Nc1cnc(Oc2ccccc2)nc1. The minimum absolute atomic E-state index is 0.207. The second-order valence-corrected chi connectivity index (χ2v) is 7.02. The number of aliphatic hydroxyl groups is 1. The van der Waals surface area contributed by atoms with E-state index in [1.165, 1.54) is 12.4 Å². The quantitative estimate of drug-likeness (QED) is 0.710. The summed E-state index contributed by atoms with van der Waals surface area (Å²) < 4.78 is 5.51. The Hall–Kier alpha value is -2.67. The molecule has 7 heteroatoms. The Labute approximate surface area is 151 Å². The van der Waals surface area contributed by atoms with Crippen molar-refractivity contribution >= 4 is 11.7 Å². The predicted molar refractivity (Wildman–Crippen MR) is 96.0 cm³/mol. The number of amides is 2. The molecule has 2 saturated carbocycles. The van der Waals surface area contributed by atoms with Gasteiger partial charge in [-0.2, -0.15) is 0 Å². The molecule has 2 aliphatic rings. The summed E-state index contributed by atoms with van der Waals surface area (Å²) in [6.45, 7) is 0.282. The minimum atomic E-state index is -0.749. The van der Waals surface area contributed by atoms with Gasteiger partial charge in [0.2, 0.25) is 0 Å². The van der Waals surface area contributed by atoms with Gasteiger partial charge in [-0.1, -0.05) is 18.2 Å². The number of benzene rings is 1. The maximum atomic E-state index is 12.1. The Morgan fingerprint density at radius 2 is 1.73 bits per heavy atom. The van der Waals surface area contributed by atoms with E-state index >= 15 is 0 Å². The fraction of sp³-hybridized carbons (Fsp3) is 0.421. The molecule has 1 heterocycles. The molecule has 7 nitrogen and oxygen atoms in total. The number of hydrogen-bond acceptors (Lipinski definition) is 5. The van der Waals surface area contributed by atoms with Gasteiger partial charge >= 0.3 is 12.0 Å². The van der Waals surface area contributed by atoms with Crippen LogP contribution in [0.15, 0.2) is 42.7 Å². The van der Waals surface area contributed by atoms with Crippen LogP contribution in [0.4, 0.5) is 10.5 Å². The van der Waals surface area contributed by atoms with Crippen LogP contribution in [0.1, 0.15) is 25.7 Å². The van der Waals surface area contributed by atoms with Gasteiger partial charge < -0.3 is 20.5 Å². The zero-order chi connectivity index (χ0) is 18.0. The fourth-order valence-electron chi connectivity index (χ4n) is 3.21. The van der Waals surface area contributed by atoms with Gasteiger partial charge in [-0.05, 0) is 49.7 Å². The third kappa shape index (κ3) is 3.94. The summed E-state index contributed by atoms with van der Waals surface area (Å²) >= 11 is 0. The second kappa shape index (κ2) is 6.92. The lowest BCUT2D eigenvalue weighted by atomic mass is 9.92. The van der Waals surface area contributed by atoms with E-state index in [1.807, 2.05) is 30.3 Å². The van der Waals surface area contributed by atoms with Crippen molar-refractivity contribution in [2.45, 2.75) is 31.3 Å². The Balaban J connectivity index is 1.29. The number of anilines is 1. The van der Waals surface area contributed by atoms with Crippen LogP contribution in [-0.4, -0.2) is 33.3 Å². The molecule has 0 saturated heterocycles. The lowest BCUT2D eigenvalue weighted by Crippen LogP contribution is -2.47. The van der Waals surface area contributed by atoms with E-state index in [0.717, 1.165) is 25.7 Å². The summed E-state index contributed by atoms with van der Waals surface area (Å²) in [6.07, 6.45) is 7.16. The molecular formula is C19H22N4O3. The molecule has 3 N–H and O–H groups in total. The van der Waals surface area contributed by atoms with E-state index < -0.39 is 5.60 Å². The van der Waals surface area contributed by atoms with Gasteiger partial charge in [0, 0.05) is 6.54 Å². The van der Waals surface area contributed by atoms with Gasteiger partial charge in [-0.25, -0.2) is 14.8 Å². The molecular weight excluding hydrogens is 332 g/mol. The molecule has 4 rings (SSSR count). The molecule has 2 aliphatic carbocycles. The molecule has 136 valence electrons. The van der Waals surface area contributed by atoms with Crippen LogP contribution in [0.5, 0.6) is 11.8 Å². The summed E-state index contributed by atoms with van der Waals surface area (Å²) in [5, 5.41) is 16.3. The number of rotatable bonds is 7. The number of hydrogen-bond donors (Lipinski definition) is 3. The van der Waals surface area contributed by atoms with Crippen LogP contribution in [0.2, 0.25) is 0 Å². The highest BCUT2D eigenvalue weighted by Gasteiger charge is 2.53. The molecule has 0 bridgehead atoms. The third-order valence-corrected chi connectivity index (χ3v) is 4.94. The molecule has 0 spiro atoms. The minimum Gasteiger partial charge on any atom is -0.424 e. The zero-order valence-corrected chi connectivity index (χ0v) is 14.4. The fourth-order valence-corrected chi connectivity index (χ4v) is 3.21. The maximum Gasteiger partial charge on any atom is 0.322 e. The largest absolute Gasteiger partial charge is 0.424 e. The molecule has 26 heavy (non-hydrogen) atoms. The number of aromatic nitrogens is 2. The summed E-state index contributed by atoms with van der Waals surface area (Å²) in [7, 11) is 0. The number of ether oxygens (including phenoxy) is 1. The Bertz CT molecular complexity index is 746. The van der Waals surface area contributed by atoms with Crippen LogP contribution in [-0.2, 0) is 0 Å². The monoisotopic (exact) mass is 354 g/mol. The van der Waals surface area contributed by atoms with E-state index in [1.54, 1.807) is 0 Å². The highest BCUT2D eigenvalue weighted by atomic mass is 16.5. The maximum absolute atomic E-state index is 12.1. The van der Waals surface area contributed by atoms with Crippen molar-refractivity contribution in [1.82, 2.24) is 15.3 Å². The van der Waals surface area contributed by atoms with E-state index in [-0.39, 0.29) is 18.6 Å². The lowest BCUT2D eigenvalue weighted by molar-refractivity contribution is -0.00116. The van der Waals surface area contributed by atoms with Crippen LogP contribution >= 0.6 is 0 Å². The first kappa shape index (κ1) is 16.8. The van der Waals surface area contributed by atoms with Gasteiger partial charge in [-0.3, -0.25) is 0 Å². The van der Waals surface area contributed by atoms with E-state index in [0.29, 0.717) is 23.3 Å². The van der Waals surface area contributed by atoms with Crippen molar-refractivity contribution < 1.29 is 14.6 Å². The Kier molecular flexibility index (Phi) is 4.46. The van der Waals surface area contributed by atoms with Crippen molar-refractivity contribution in [3.63, 3.8) is 0 Å². The molecule has 2 amide bonds. The van der Waals surface area contributed by atoms with Crippen LogP contribution in [0.25, 0.3) is 0 Å². The van der Waals surface area contributed by atoms with Gasteiger partial charge in [0.25, 0.3) is 0 Å². The molecule has 1 aromatic heterocycles. The second-order valence-electron chi connectivity index (χ2n) is 7.02. The average Bonchev–Trinajstić information content (AvgIpc) is 3.54. The number of carbonyl (C=O) groups is 1. The molecule has 0 radical (unpaired) electrons. The van der Waals surface area contributed by atoms with E-state index in [2.05, 4.69) is 20.6 Å². The molecule has 0 atom stereocenters. The van der Waals surface area contributed by atoms with Gasteiger partial charge in [0.1, 0.15) is 5.75 Å². The lowest BCUT2D eigenvalue weighted by Gasteiger charge is -2.28. The predicted octanol–water partition coefficient (Wildman–Crippen LogP) is 2.94. The van der Waals surface area contributed by atoms with Crippen LogP contribution in [0, 0.1) is 11.8 Å². The van der Waals surface area contributed by atoms with Crippen molar-refractivity contribution in [2.75, 3.05) is 11.9 Å². The van der Waals surface area contributed by atoms with E-state index in [4.69, 9.17) is 4.74 Å². The molecule has 1 aromatic carbocycles. The first-order valence-corrected chi connectivity index (χ1v) is 8.96. The number of nitrogens with zero attached hydrogens (tertiary/aromatic N) is 2. The number of para-hydroxylation sites is 1. The van der Waals surface area contributed by atoms with Gasteiger partial charge in [0.15, 0.2) is 0 Å². The van der Waals surface area contributed by atoms with E-state index in [9.17, 15) is 9.90 Å². The number of urea groups is 1. The van der Waals surface area contributed by atoms with Gasteiger partial charge in [-0.15, -0.1) is 0 Å². The van der Waals surface area contributed by atoms with Crippen molar-refractivity contribution in [2.24, 2.45) is 11.8 Å². The van der Waals surface area contributed by atoms with Crippen LogP contribution < -0.4 is 15.4 Å². The Morgan fingerprint density at radius 3 is 2.31 bits per heavy atom. The zero-order valence-electron chi connectivity index (χ0n) is 14.4. The third-order valence-electron chi connectivity index (χ3n) is 4.94. The normalized spacial score (nSPS) is 16.8. The summed E-state index contributed by atoms with van der Waals surface area (Å²) in [5.74, 6) is 1.30. The number of nitrogens with one attached hydrogen (secondary N) is 2. The standard InChI is InChI=1S/C19H22N4O3/c24-17(22-12-19(25,13-6-7-13)14-8-9-14)23-15-10-20-18(21-11-15)26-16-4-2-1-3-5-16/h1-5,10-11,13-14,25H,6-9,12H2,(H2,22,23,24). The van der Waals surface area contributed by atoms with Crippen molar-refractivity contribution in [3.8, 4) is 11.8 Å². The molecule has 0 unspecified atom stereocenters. The number of carbonyl (C=O) groups excluding carboxylic acids is 1. The first-order chi connectivity index (χ1) is 12.6.